The second-order valence-corrected chi connectivity index (χ2v) is 9.15. The summed E-state index contributed by atoms with van der Waals surface area (Å²) in [6.45, 7) is 2.91. The molecule has 0 spiro atoms. The van der Waals surface area contributed by atoms with Crippen LogP contribution >= 0.6 is 0 Å². The monoisotopic (exact) mass is 374 g/mol. The number of rotatable bonds is 4. The van der Waals surface area contributed by atoms with Crippen LogP contribution in [-0.4, -0.2) is 47.5 Å². The summed E-state index contributed by atoms with van der Waals surface area (Å²) in [7, 11) is -1.75. The van der Waals surface area contributed by atoms with Gasteiger partial charge in [0, 0.05) is 32.4 Å². The molecule has 2 heterocycles. The molecule has 2 aliphatic rings. The van der Waals surface area contributed by atoms with Gasteiger partial charge in [-0.05, 0) is 43.4 Å². The van der Waals surface area contributed by atoms with Crippen LogP contribution in [0.3, 0.4) is 0 Å². The van der Waals surface area contributed by atoms with Gasteiger partial charge in [-0.25, -0.2) is 8.42 Å². The summed E-state index contributed by atoms with van der Waals surface area (Å²) < 4.78 is 28.8. The molecule has 1 N–H and O–H groups in total. The molecular formula is C18H22N4O3S. The lowest BCUT2D eigenvalue weighted by atomic mass is 9.71. The molecule has 1 saturated heterocycles. The SMILES string of the molecule is Cc1ccc(S(=O)(=O)N2C[C@H]3C[C@H](NC(=O)c4ccnn4C)[C@H]3C2)cc1. The first-order valence-corrected chi connectivity index (χ1v) is 10.2. The maximum atomic E-state index is 12.9. The minimum atomic E-state index is -3.48. The van der Waals surface area contributed by atoms with Gasteiger partial charge in [-0.3, -0.25) is 9.48 Å². The molecule has 1 aliphatic heterocycles. The van der Waals surface area contributed by atoms with E-state index in [-0.39, 0.29) is 17.9 Å². The predicted molar refractivity (Wildman–Crippen MR) is 96.0 cm³/mol. The molecule has 1 amide bonds. The van der Waals surface area contributed by atoms with E-state index in [9.17, 15) is 13.2 Å². The zero-order valence-electron chi connectivity index (χ0n) is 14.8. The Morgan fingerprint density at radius 1 is 1.19 bits per heavy atom. The van der Waals surface area contributed by atoms with E-state index in [2.05, 4.69) is 10.4 Å². The summed E-state index contributed by atoms with van der Waals surface area (Å²) in [4.78, 5) is 12.7. The van der Waals surface area contributed by atoms with Crippen LogP contribution in [0.25, 0.3) is 0 Å². The Morgan fingerprint density at radius 3 is 2.58 bits per heavy atom. The Morgan fingerprint density at radius 2 is 1.92 bits per heavy atom. The lowest BCUT2D eigenvalue weighted by molar-refractivity contribution is 0.0823. The number of aromatic nitrogens is 2. The molecule has 8 heteroatoms. The summed E-state index contributed by atoms with van der Waals surface area (Å²) in [5.74, 6) is 0.327. The van der Waals surface area contributed by atoms with Crippen molar-refractivity contribution in [3.63, 3.8) is 0 Å². The second-order valence-electron chi connectivity index (χ2n) is 7.21. The Kier molecular flexibility index (Phi) is 4.11. The van der Waals surface area contributed by atoms with Crippen molar-refractivity contribution in [3.8, 4) is 0 Å². The molecule has 0 bridgehead atoms. The molecule has 26 heavy (non-hydrogen) atoms. The van der Waals surface area contributed by atoms with Crippen molar-refractivity contribution >= 4 is 15.9 Å². The van der Waals surface area contributed by atoms with Gasteiger partial charge >= 0.3 is 0 Å². The molecule has 1 aromatic carbocycles. The first kappa shape index (κ1) is 17.2. The second kappa shape index (κ2) is 6.21. The third-order valence-electron chi connectivity index (χ3n) is 5.56. The van der Waals surface area contributed by atoms with E-state index in [4.69, 9.17) is 0 Å². The first-order valence-electron chi connectivity index (χ1n) is 8.72. The zero-order chi connectivity index (χ0) is 18.5. The average molecular weight is 374 g/mol. The maximum absolute atomic E-state index is 12.9. The number of nitrogens with one attached hydrogen (secondary N) is 1. The van der Waals surface area contributed by atoms with E-state index < -0.39 is 10.0 Å². The average Bonchev–Trinajstić information content (AvgIpc) is 3.17. The third-order valence-corrected chi connectivity index (χ3v) is 7.41. The summed E-state index contributed by atoms with van der Waals surface area (Å²) in [5, 5.41) is 7.04. The number of sulfonamides is 1. The molecule has 1 aliphatic carbocycles. The van der Waals surface area contributed by atoms with Crippen molar-refractivity contribution in [3.05, 3.63) is 47.8 Å². The van der Waals surface area contributed by atoms with Crippen molar-refractivity contribution in [1.82, 2.24) is 19.4 Å². The number of hydrogen-bond acceptors (Lipinski definition) is 4. The molecule has 2 fully saturated rings. The molecule has 0 unspecified atom stereocenters. The van der Waals surface area contributed by atoms with Gasteiger partial charge in [-0.15, -0.1) is 0 Å². The summed E-state index contributed by atoms with van der Waals surface area (Å²) in [6, 6.07) is 8.64. The van der Waals surface area contributed by atoms with Crippen LogP contribution in [0.2, 0.25) is 0 Å². The van der Waals surface area contributed by atoms with Crippen LogP contribution in [0, 0.1) is 18.8 Å². The van der Waals surface area contributed by atoms with Gasteiger partial charge in [0.25, 0.3) is 5.91 Å². The lowest BCUT2D eigenvalue weighted by Crippen LogP contribution is -2.52. The van der Waals surface area contributed by atoms with Crippen LogP contribution in [0.1, 0.15) is 22.5 Å². The van der Waals surface area contributed by atoms with Crippen molar-refractivity contribution in [2.24, 2.45) is 18.9 Å². The van der Waals surface area contributed by atoms with Crippen LogP contribution in [0.4, 0.5) is 0 Å². The van der Waals surface area contributed by atoms with E-state index in [1.165, 1.54) is 4.68 Å². The Hall–Kier alpha value is -2.19. The fourth-order valence-electron chi connectivity index (χ4n) is 3.93. The highest BCUT2D eigenvalue weighted by Gasteiger charge is 2.50. The van der Waals surface area contributed by atoms with Gasteiger partial charge < -0.3 is 5.32 Å². The lowest BCUT2D eigenvalue weighted by Gasteiger charge is -2.39. The van der Waals surface area contributed by atoms with E-state index in [1.807, 2.05) is 19.1 Å². The van der Waals surface area contributed by atoms with Crippen molar-refractivity contribution in [2.75, 3.05) is 13.1 Å². The van der Waals surface area contributed by atoms with Gasteiger partial charge in [-0.1, -0.05) is 17.7 Å². The van der Waals surface area contributed by atoms with Crippen molar-refractivity contribution in [2.45, 2.75) is 24.3 Å². The van der Waals surface area contributed by atoms with E-state index in [0.29, 0.717) is 29.6 Å². The number of amides is 1. The number of aryl methyl sites for hydroxylation is 2. The minimum Gasteiger partial charge on any atom is -0.348 e. The first-order chi connectivity index (χ1) is 12.4. The Bertz CT molecular complexity index is 936. The standard InChI is InChI=1S/C18H22N4O3S/c1-12-3-5-14(6-4-12)26(24,25)22-10-13-9-16(15(13)11-22)20-18(23)17-7-8-19-21(17)2/h3-8,13,15-16H,9-11H2,1-2H3,(H,20,23)/t13-,15+,16+/m1/s1. The van der Waals surface area contributed by atoms with Gasteiger partial charge in [0.1, 0.15) is 5.69 Å². The quantitative estimate of drug-likeness (QED) is 0.871. The van der Waals surface area contributed by atoms with E-state index in [0.717, 1.165) is 12.0 Å². The highest BCUT2D eigenvalue weighted by atomic mass is 32.2. The molecule has 1 aromatic heterocycles. The number of nitrogens with zero attached hydrogens (tertiary/aromatic N) is 3. The van der Waals surface area contributed by atoms with Gasteiger partial charge in [0.2, 0.25) is 10.0 Å². The molecule has 7 nitrogen and oxygen atoms in total. The Balaban J connectivity index is 1.43. The fraction of sp³-hybridized carbons (Fsp3) is 0.444. The predicted octanol–water partition coefficient (Wildman–Crippen LogP) is 1.17. The molecule has 138 valence electrons. The summed E-state index contributed by atoms with van der Waals surface area (Å²) in [5.41, 5.74) is 1.54. The fourth-order valence-corrected chi connectivity index (χ4v) is 5.46. The maximum Gasteiger partial charge on any atom is 0.269 e. The minimum absolute atomic E-state index is 0.0145. The Labute approximate surface area is 153 Å². The topological polar surface area (TPSA) is 84.3 Å². The largest absolute Gasteiger partial charge is 0.348 e. The molecule has 3 atom stereocenters. The molecular weight excluding hydrogens is 352 g/mol. The number of carbonyl (C=O) groups excluding carboxylic acids is 1. The molecule has 1 saturated carbocycles. The summed E-state index contributed by atoms with van der Waals surface area (Å²) in [6.07, 6.45) is 2.40. The molecule has 2 aromatic rings. The van der Waals surface area contributed by atoms with Crippen LogP contribution < -0.4 is 5.32 Å². The normalized spacial score (nSPS) is 25.5. The zero-order valence-corrected chi connectivity index (χ0v) is 15.6. The van der Waals surface area contributed by atoms with Gasteiger partial charge in [0.15, 0.2) is 0 Å². The molecule has 0 radical (unpaired) electrons. The highest BCUT2D eigenvalue weighted by Crippen LogP contribution is 2.42. The van der Waals surface area contributed by atoms with Crippen molar-refractivity contribution in [1.29, 1.82) is 0 Å². The summed E-state index contributed by atoms with van der Waals surface area (Å²) >= 11 is 0. The molecule has 4 rings (SSSR count). The number of hydrogen-bond donors (Lipinski definition) is 1. The van der Waals surface area contributed by atoms with Crippen LogP contribution in [0.5, 0.6) is 0 Å². The highest BCUT2D eigenvalue weighted by molar-refractivity contribution is 7.89. The van der Waals surface area contributed by atoms with E-state index in [1.54, 1.807) is 35.7 Å². The third kappa shape index (κ3) is 2.83. The van der Waals surface area contributed by atoms with Crippen molar-refractivity contribution < 1.29 is 13.2 Å². The van der Waals surface area contributed by atoms with Crippen LogP contribution in [-0.2, 0) is 17.1 Å². The number of benzene rings is 1. The van der Waals surface area contributed by atoms with E-state index >= 15 is 0 Å². The number of fused-ring (bicyclic) bond motifs is 1. The number of carbonyl (C=O) groups is 1. The van der Waals surface area contributed by atoms with Crippen LogP contribution in [0.15, 0.2) is 41.4 Å². The smallest absolute Gasteiger partial charge is 0.269 e. The van der Waals surface area contributed by atoms with Gasteiger partial charge in [0.05, 0.1) is 4.90 Å². The van der Waals surface area contributed by atoms with Gasteiger partial charge in [-0.2, -0.15) is 9.40 Å².